The molecule has 17 heavy (non-hydrogen) atoms. The molecule has 96 valence electrons. The lowest BCUT2D eigenvalue weighted by Gasteiger charge is -2.32. The molecule has 1 atom stereocenters. The van der Waals surface area contributed by atoms with E-state index in [-0.39, 0.29) is 6.10 Å². The number of morpholine rings is 1. The maximum atomic E-state index is 5.81. The van der Waals surface area contributed by atoms with Crippen LogP contribution in [0.4, 0.5) is 0 Å². The van der Waals surface area contributed by atoms with E-state index >= 15 is 0 Å². The molecule has 0 spiro atoms. The Hall–Kier alpha value is -0.910. The number of hydrogen-bond donors (Lipinski definition) is 1. The summed E-state index contributed by atoms with van der Waals surface area (Å²) in [5, 5.41) is 3.13. The van der Waals surface area contributed by atoms with Crippen LogP contribution < -0.4 is 5.32 Å². The zero-order valence-electron chi connectivity index (χ0n) is 10.7. The van der Waals surface area contributed by atoms with Gasteiger partial charge in [-0.1, -0.05) is 6.92 Å². The summed E-state index contributed by atoms with van der Waals surface area (Å²) in [5.74, 6) is 1.07. The van der Waals surface area contributed by atoms with Crippen LogP contribution in [0, 0.1) is 0 Å². The second kappa shape index (κ2) is 6.14. The van der Waals surface area contributed by atoms with Crippen LogP contribution in [-0.2, 0) is 17.8 Å². The molecule has 1 aromatic heterocycles. The van der Waals surface area contributed by atoms with Crippen molar-refractivity contribution in [3.05, 3.63) is 18.2 Å². The highest BCUT2D eigenvalue weighted by molar-refractivity contribution is 4.93. The van der Waals surface area contributed by atoms with Gasteiger partial charge in [0.25, 0.3) is 0 Å². The van der Waals surface area contributed by atoms with Crippen molar-refractivity contribution in [3.63, 3.8) is 0 Å². The fraction of sp³-hybridized carbons (Fsp3) is 0.750. The van der Waals surface area contributed by atoms with E-state index in [0.29, 0.717) is 0 Å². The standard InChI is InChI=1S/C12H22N4O/c1-3-15-6-7-17-11(9-15)10-16-5-4-14-12(16)8-13-2/h4-5,11,13H,3,6-10H2,1-2H3. The Bertz CT molecular complexity index is 339. The average molecular weight is 238 g/mol. The van der Waals surface area contributed by atoms with Gasteiger partial charge in [-0.25, -0.2) is 4.98 Å². The van der Waals surface area contributed by atoms with E-state index in [1.54, 1.807) is 0 Å². The van der Waals surface area contributed by atoms with Crippen LogP contribution in [0.1, 0.15) is 12.7 Å². The average Bonchev–Trinajstić information content (AvgIpc) is 2.78. The molecular weight excluding hydrogens is 216 g/mol. The fourth-order valence-corrected chi connectivity index (χ4v) is 2.23. The molecule has 0 aromatic carbocycles. The first-order valence-electron chi connectivity index (χ1n) is 6.32. The summed E-state index contributed by atoms with van der Waals surface area (Å²) in [6.07, 6.45) is 4.17. The molecule has 0 aliphatic carbocycles. The summed E-state index contributed by atoms with van der Waals surface area (Å²) in [6.45, 7) is 7.92. The minimum absolute atomic E-state index is 0.286. The van der Waals surface area contributed by atoms with E-state index in [2.05, 4.69) is 26.7 Å². The van der Waals surface area contributed by atoms with Gasteiger partial charge in [0.05, 0.1) is 25.8 Å². The van der Waals surface area contributed by atoms with Gasteiger partial charge in [-0.05, 0) is 13.6 Å². The molecule has 5 heteroatoms. The second-order valence-electron chi connectivity index (χ2n) is 4.41. The molecule has 1 unspecified atom stereocenters. The van der Waals surface area contributed by atoms with E-state index in [9.17, 15) is 0 Å². The van der Waals surface area contributed by atoms with Crippen LogP contribution in [0.15, 0.2) is 12.4 Å². The lowest BCUT2D eigenvalue weighted by molar-refractivity contribution is -0.0346. The van der Waals surface area contributed by atoms with Crippen molar-refractivity contribution in [2.24, 2.45) is 0 Å². The summed E-state index contributed by atoms with van der Waals surface area (Å²) in [7, 11) is 1.94. The predicted octanol–water partition coefficient (Wildman–Crippen LogP) is 0.323. The number of likely N-dealkylation sites (N-methyl/N-ethyl adjacent to an activating group) is 1. The first-order chi connectivity index (χ1) is 8.33. The number of rotatable bonds is 5. The van der Waals surface area contributed by atoms with Crippen LogP contribution in [0.2, 0.25) is 0 Å². The first kappa shape index (κ1) is 12.5. The third-order valence-corrected chi connectivity index (χ3v) is 3.21. The second-order valence-corrected chi connectivity index (χ2v) is 4.41. The Morgan fingerprint density at radius 3 is 3.24 bits per heavy atom. The first-order valence-corrected chi connectivity index (χ1v) is 6.32. The molecule has 1 N–H and O–H groups in total. The van der Waals surface area contributed by atoms with Gasteiger partial charge in [0.15, 0.2) is 0 Å². The van der Waals surface area contributed by atoms with Gasteiger partial charge in [-0.2, -0.15) is 0 Å². The van der Waals surface area contributed by atoms with Crippen LogP contribution >= 0.6 is 0 Å². The molecule has 0 saturated carbocycles. The molecule has 5 nitrogen and oxygen atoms in total. The molecule has 0 bridgehead atoms. The number of aromatic nitrogens is 2. The maximum Gasteiger partial charge on any atom is 0.122 e. The van der Waals surface area contributed by atoms with Crippen molar-refractivity contribution in [3.8, 4) is 0 Å². The molecule has 1 fully saturated rings. The lowest BCUT2D eigenvalue weighted by Crippen LogP contribution is -2.44. The van der Waals surface area contributed by atoms with Crippen molar-refractivity contribution >= 4 is 0 Å². The van der Waals surface area contributed by atoms with Crippen molar-refractivity contribution < 1.29 is 4.74 Å². The highest BCUT2D eigenvalue weighted by Crippen LogP contribution is 2.08. The molecule has 2 heterocycles. The van der Waals surface area contributed by atoms with Gasteiger partial charge in [-0.3, -0.25) is 4.90 Å². The van der Waals surface area contributed by atoms with Crippen LogP contribution in [0.5, 0.6) is 0 Å². The van der Waals surface area contributed by atoms with E-state index in [4.69, 9.17) is 4.74 Å². The smallest absolute Gasteiger partial charge is 0.122 e. The van der Waals surface area contributed by atoms with E-state index in [1.807, 2.05) is 19.4 Å². The number of hydrogen-bond acceptors (Lipinski definition) is 4. The highest BCUT2D eigenvalue weighted by atomic mass is 16.5. The summed E-state index contributed by atoms with van der Waals surface area (Å²) in [5.41, 5.74) is 0. The minimum Gasteiger partial charge on any atom is -0.374 e. The molecule has 1 aromatic rings. The number of nitrogens with one attached hydrogen (secondary N) is 1. The molecule has 1 saturated heterocycles. The zero-order chi connectivity index (χ0) is 12.1. The van der Waals surface area contributed by atoms with Gasteiger partial charge in [0.1, 0.15) is 5.82 Å². The number of ether oxygens (including phenoxy) is 1. The van der Waals surface area contributed by atoms with Gasteiger partial charge in [-0.15, -0.1) is 0 Å². The zero-order valence-corrected chi connectivity index (χ0v) is 10.7. The molecule has 0 radical (unpaired) electrons. The molecule has 0 amide bonds. The molecule has 1 aliphatic rings. The third-order valence-electron chi connectivity index (χ3n) is 3.21. The molecule has 1 aliphatic heterocycles. The number of nitrogens with zero attached hydrogens (tertiary/aromatic N) is 3. The van der Waals surface area contributed by atoms with Crippen molar-refractivity contribution in [2.45, 2.75) is 26.1 Å². The summed E-state index contributed by atoms with van der Waals surface area (Å²) >= 11 is 0. The monoisotopic (exact) mass is 238 g/mol. The van der Waals surface area contributed by atoms with Gasteiger partial charge in [0, 0.05) is 25.5 Å². The van der Waals surface area contributed by atoms with Crippen molar-refractivity contribution in [1.82, 2.24) is 19.8 Å². The number of imidazole rings is 1. The molecule has 2 rings (SSSR count). The Kier molecular flexibility index (Phi) is 4.53. The summed E-state index contributed by atoms with van der Waals surface area (Å²) in [6, 6.07) is 0. The normalized spacial score (nSPS) is 21.9. The highest BCUT2D eigenvalue weighted by Gasteiger charge is 2.20. The third kappa shape index (κ3) is 3.28. The Morgan fingerprint density at radius 2 is 2.47 bits per heavy atom. The van der Waals surface area contributed by atoms with Crippen molar-refractivity contribution in [1.29, 1.82) is 0 Å². The Labute approximate surface area is 103 Å². The summed E-state index contributed by atoms with van der Waals surface area (Å²) < 4.78 is 7.99. The van der Waals surface area contributed by atoms with Gasteiger partial charge >= 0.3 is 0 Å². The SMILES string of the molecule is CCN1CCOC(Cn2ccnc2CNC)C1. The van der Waals surface area contributed by atoms with Gasteiger partial charge in [0.2, 0.25) is 0 Å². The fourth-order valence-electron chi connectivity index (χ4n) is 2.23. The predicted molar refractivity (Wildman–Crippen MR) is 66.8 cm³/mol. The maximum absolute atomic E-state index is 5.81. The van der Waals surface area contributed by atoms with Crippen LogP contribution in [0.25, 0.3) is 0 Å². The minimum atomic E-state index is 0.286. The van der Waals surface area contributed by atoms with E-state index in [0.717, 1.165) is 45.2 Å². The Morgan fingerprint density at radius 1 is 1.59 bits per heavy atom. The van der Waals surface area contributed by atoms with E-state index < -0.39 is 0 Å². The van der Waals surface area contributed by atoms with Crippen LogP contribution in [-0.4, -0.2) is 53.8 Å². The largest absolute Gasteiger partial charge is 0.374 e. The topological polar surface area (TPSA) is 42.3 Å². The quantitative estimate of drug-likeness (QED) is 0.802. The van der Waals surface area contributed by atoms with Crippen LogP contribution in [0.3, 0.4) is 0 Å². The van der Waals surface area contributed by atoms with Crippen molar-refractivity contribution in [2.75, 3.05) is 33.3 Å². The lowest BCUT2D eigenvalue weighted by atomic mass is 10.2. The Balaban J connectivity index is 1.93. The van der Waals surface area contributed by atoms with Gasteiger partial charge < -0.3 is 14.6 Å². The van der Waals surface area contributed by atoms with E-state index in [1.165, 1.54) is 0 Å². The molecular formula is C12H22N4O. The summed E-state index contributed by atoms with van der Waals surface area (Å²) in [4.78, 5) is 6.78.